The van der Waals surface area contributed by atoms with Crippen LogP contribution in [0.25, 0.3) is 87.8 Å². The first kappa shape index (κ1) is 23.7. The quantitative estimate of drug-likeness (QED) is 0.204. The summed E-state index contributed by atoms with van der Waals surface area (Å²) < 4.78 is 5.04. The van der Waals surface area contributed by atoms with E-state index in [1.807, 2.05) is 0 Å². The van der Waals surface area contributed by atoms with Crippen LogP contribution in [0.4, 0.5) is 0 Å². The first-order valence-corrected chi connectivity index (χ1v) is 15.2. The molecule has 0 aliphatic rings. The van der Waals surface area contributed by atoms with Crippen LogP contribution in [-0.4, -0.2) is 8.97 Å². The van der Waals surface area contributed by atoms with Gasteiger partial charge in [-0.15, -0.1) is 0 Å². The van der Waals surface area contributed by atoms with Gasteiger partial charge in [0.15, 0.2) is 0 Å². The van der Waals surface area contributed by atoms with E-state index in [0.29, 0.717) is 0 Å². The van der Waals surface area contributed by atoms with Gasteiger partial charge in [-0.2, -0.15) is 0 Å². The molecule has 7 aromatic carbocycles. The van der Waals surface area contributed by atoms with Gasteiger partial charge in [0.1, 0.15) is 0 Å². The number of benzene rings is 7. The Bertz CT molecular complexity index is 2690. The molecule has 0 bridgehead atoms. The number of para-hydroxylation sites is 3. The Morgan fingerprint density at radius 1 is 0.318 bits per heavy atom. The molecular formula is C42H26N2. The summed E-state index contributed by atoms with van der Waals surface area (Å²) in [5.74, 6) is 0. The first-order chi connectivity index (χ1) is 21.9. The predicted molar refractivity (Wildman–Crippen MR) is 186 cm³/mol. The van der Waals surface area contributed by atoms with Crippen molar-refractivity contribution in [1.29, 1.82) is 0 Å². The number of fused-ring (bicyclic) bond motifs is 6. The fraction of sp³-hybridized carbons (Fsp3) is 0. The zero-order valence-corrected chi connectivity index (χ0v) is 23.9. The fourth-order valence-electron chi connectivity index (χ4n) is 7.70. The van der Waals surface area contributed by atoms with Gasteiger partial charge in [-0.05, 0) is 40.8 Å². The molecule has 0 N–H and O–H groups in total. The Morgan fingerprint density at radius 2 is 0.886 bits per heavy atom. The van der Waals surface area contributed by atoms with E-state index in [0.717, 1.165) is 0 Å². The third-order valence-corrected chi connectivity index (χ3v) is 9.45. The lowest BCUT2D eigenvalue weighted by Gasteiger charge is -2.14. The van der Waals surface area contributed by atoms with Crippen molar-refractivity contribution in [3.05, 3.63) is 158 Å². The summed E-state index contributed by atoms with van der Waals surface area (Å²) in [6.45, 7) is 0. The molecule has 0 saturated heterocycles. The van der Waals surface area contributed by atoms with Gasteiger partial charge < -0.3 is 8.97 Å². The van der Waals surface area contributed by atoms with Crippen molar-refractivity contribution in [2.24, 2.45) is 0 Å². The summed E-state index contributed by atoms with van der Waals surface area (Å²) in [6.07, 6.45) is 0. The Balaban J connectivity index is 1.49. The molecule has 44 heavy (non-hydrogen) atoms. The molecule has 3 aromatic heterocycles. The van der Waals surface area contributed by atoms with Crippen molar-refractivity contribution < 1.29 is 0 Å². The highest BCUT2D eigenvalue weighted by molar-refractivity contribution is 6.33. The molecule has 2 heteroatoms. The van der Waals surface area contributed by atoms with Crippen LogP contribution in [0.15, 0.2) is 158 Å². The van der Waals surface area contributed by atoms with Gasteiger partial charge in [0.2, 0.25) is 0 Å². The highest BCUT2D eigenvalue weighted by Gasteiger charge is 2.24. The summed E-state index contributed by atoms with van der Waals surface area (Å²) in [5.41, 5.74) is 12.3. The van der Waals surface area contributed by atoms with Gasteiger partial charge >= 0.3 is 0 Å². The van der Waals surface area contributed by atoms with Crippen LogP contribution in [0.5, 0.6) is 0 Å². The molecule has 0 aliphatic heterocycles. The number of rotatable bonds is 3. The molecule has 0 amide bonds. The maximum atomic E-state index is 2.55. The molecule has 0 atom stereocenters. The molecule has 2 nitrogen and oxygen atoms in total. The van der Waals surface area contributed by atoms with Crippen LogP contribution in [0.1, 0.15) is 0 Å². The fourth-order valence-corrected chi connectivity index (χ4v) is 7.70. The lowest BCUT2D eigenvalue weighted by molar-refractivity contribution is 1.18. The van der Waals surface area contributed by atoms with Gasteiger partial charge in [0, 0.05) is 38.1 Å². The van der Waals surface area contributed by atoms with Gasteiger partial charge in [-0.1, -0.05) is 133 Å². The van der Waals surface area contributed by atoms with E-state index in [1.54, 1.807) is 0 Å². The normalized spacial score (nSPS) is 12.1. The molecule has 0 aliphatic carbocycles. The standard InChI is InChI=1S/C42H26N2/c1-3-13-27(14-4-1)29-17-7-9-22-35(29)43-37-24-12-20-32-31-18-8-10-23-36(31)44-41-30(28-15-5-2-6-16-28)19-11-21-33(41)34-25-26-38(43)40(39(32)37)42(34)44/h1-26H. The average Bonchev–Trinajstić information content (AvgIpc) is 3.57. The van der Waals surface area contributed by atoms with E-state index < -0.39 is 0 Å². The van der Waals surface area contributed by atoms with Crippen LogP contribution in [-0.2, 0) is 0 Å². The maximum Gasteiger partial charge on any atom is 0.0642 e. The largest absolute Gasteiger partial charge is 0.309 e. The minimum atomic E-state index is 1.19. The Hall–Kier alpha value is -5.86. The van der Waals surface area contributed by atoms with E-state index in [2.05, 4.69) is 167 Å². The number of nitrogens with zero attached hydrogens (tertiary/aromatic N) is 2. The topological polar surface area (TPSA) is 9.34 Å². The van der Waals surface area contributed by atoms with Crippen molar-refractivity contribution in [3.8, 4) is 27.9 Å². The number of hydrogen-bond acceptors (Lipinski definition) is 0. The second kappa shape index (κ2) is 8.82. The van der Waals surface area contributed by atoms with E-state index in [-0.39, 0.29) is 0 Å². The summed E-state index contributed by atoms with van der Waals surface area (Å²) in [6, 6.07) is 57.6. The van der Waals surface area contributed by atoms with Gasteiger partial charge in [-0.3, -0.25) is 0 Å². The Morgan fingerprint density at radius 3 is 1.73 bits per heavy atom. The molecular weight excluding hydrogens is 532 g/mol. The smallest absolute Gasteiger partial charge is 0.0642 e. The molecule has 204 valence electrons. The van der Waals surface area contributed by atoms with Crippen LogP contribution in [0.3, 0.4) is 0 Å². The Kier molecular flexibility index (Phi) is 4.75. The average molecular weight is 559 g/mol. The highest BCUT2D eigenvalue weighted by atomic mass is 15.0. The van der Waals surface area contributed by atoms with Crippen molar-refractivity contribution >= 4 is 59.9 Å². The minimum absolute atomic E-state index is 1.19. The van der Waals surface area contributed by atoms with Gasteiger partial charge in [0.05, 0.1) is 33.3 Å². The Labute approximate surface area is 254 Å². The van der Waals surface area contributed by atoms with Crippen LogP contribution in [0.2, 0.25) is 0 Å². The van der Waals surface area contributed by atoms with Gasteiger partial charge in [0.25, 0.3) is 0 Å². The summed E-state index contributed by atoms with van der Waals surface area (Å²) in [5, 5.41) is 7.72. The number of hydrogen-bond donors (Lipinski definition) is 0. The zero-order chi connectivity index (χ0) is 28.8. The molecule has 3 heterocycles. The monoisotopic (exact) mass is 558 g/mol. The second-order valence-corrected chi connectivity index (χ2v) is 11.7. The SMILES string of the molecule is c1ccc(-c2ccccc2-n2c3cccc4c5ccccc5n5c6c(-c7ccccc7)cccc6c6ccc2c(c43)c65)cc1. The maximum absolute atomic E-state index is 2.55. The molecule has 0 fully saturated rings. The first-order valence-electron chi connectivity index (χ1n) is 15.2. The van der Waals surface area contributed by atoms with E-state index in [4.69, 9.17) is 0 Å². The molecule has 0 saturated carbocycles. The summed E-state index contributed by atoms with van der Waals surface area (Å²) >= 11 is 0. The highest BCUT2D eigenvalue weighted by Crippen LogP contribution is 2.47. The predicted octanol–water partition coefficient (Wildman–Crippen LogP) is 11.3. The zero-order valence-electron chi connectivity index (χ0n) is 23.9. The van der Waals surface area contributed by atoms with Crippen LogP contribution < -0.4 is 0 Å². The molecule has 0 spiro atoms. The molecule has 10 rings (SSSR count). The van der Waals surface area contributed by atoms with E-state index >= 15 is 0 Å². The third-order valence-electron chi connectivity index (χ3n) is 9.45. The molecule has 10 aromatic rings. The lowest BCUT2D eigenvalue weighted by atomic mass is 10.0. The van der Waals surface area contributed by atoms with Crippen molar-refractivity contribution in [2.45, 2.75) is 0 Å². The summed E-state index contributed by atoms with van der Waals surface area (Å²) in [7, 11) is 0. The second-order valence-electron chi connectivity index (χ2n) is 11.7. The molecule has 0 unspecified atom stereocenters. The van der Waals surface area contributed by atoms with Crippen molar-refractivity contribution in [1.82, 2.24) is 8.97 Å². The number of aromatic nitrogens is 2. The van der Waals surface area contributed by atoms with E-state index in [9.17, 15) is 0 Å². The minimum Gasteiger partial charge on any atom is -0.309 e. The van der Waals surface area contributed by atoms with Crippen molar-refractivity contribution in [2.75, 3.05) is 0 Å². The van der Waals surface area contributed by atoms with E-state index in [1.165, 1.54) is 87.8 Å². The van der Waals surface area contributed by atoms with Gasteiger partial charge in [-0.25, -0.2) is 0 Å². The van der Waals surface area contributed by atoms with Crippen LogP contribution >= 0.6 is 0 Å². The lowest BCUT2D eigenvalue weighted by Crippen LogP contribution is -1.97. The van der Waals surface area contributed by atoms with Crippen molar-refractivity contribution in [3.63, 3.8) is 0 Å². The van der Waals surface area contributed by atoms with Crippen LogP contribution in [0, 0.1) is 0 Å². The third kappa shape index (κ3) is 3.04. The molecule has 0 radical (unpaired) electrons. The summed E-state index contributed by atoms with van der Waals surface area (Å²) in [4.78, 5) is 0.